The highest BCUT2D eigenvalue weighted by Gasteiger charge is 2.30. The second-order valence-corrected chi connectivity index (χ2v) is 5.43. The molecule has 1 aliphatic rings. The van der Waals surface area contributed by atoms with E-state index in [1.165, 1.54) is 6.07 Å². The molecule has 3 nitrogen and oxygen atoms in total. The number of aromatic nitrogens is 1. The van der Waals surface area contributed by atoms with Crippen molar-refractivity contribution in [2.24, 2.45) is 0 Å². The summed E-state index contributed by atoms with van der Waals surface area (Å²) < 4.78 is 18.7. The van der Waals surface area contributed by atoms with Crippen LogP contribution in [-0.4, -0.2) is 17.6 Å². The molecule has 1 heterocycles. The Morgan fingerprint density at radius 3 is 3.10 bits per heavy atom. The van der Waals surface area contributed by atoms with Gasteiger partial charge in [0.2, 0.25) is 0 Å². The van der Waals surface area contributed by atoms with Gasteiger partial charge in [-0.3, -0.25) is 4.79 Å². The highest BCUT2D eigenvalue weighted by molar-refractivity contribution is 6.31. The van der Waals surface area contributed by atoms with Gasteiger partial charge in [0.25, 0.3) is 0 Å². The fourth-order valence-electron chi connectivity index (χ4n) is 2.94. The zero-order valence-corrected chi connectivity index (χ0v) is 11.9. The van der Waals surface area contributed by atoms with Crippen molar-refractivity contribution in [3.63, 3.8) is 0 Å². The minimum absolute atomic E-state index is 0.109. The molecule has 2 aromatic rings. The van der Waals surface area contributed by atoms with E-state index in [4.69, 9.17) is 16.3 Å². The lowest BCUT2D eigenvalue weighted by molar-refractivity contribution is -0.145. The number of ether oxygens (including phenoxy) is 1. The van der Waals surface area contributed by atoms with Gasteiger partial charge in [0.05, 0.1) is 17.5 Å². The van der Waals surface area contributed by atoms with E-state index in [9.17, 15) is 9.18 Å². The molecule has 5 heteroatoms. The number of hydrogen-bond donors (Lipinski definition) is 1. The van der Waals surface area contributed by atoms with Crippen molar-refractivity contribution in [2.45, 2.75) is 32.1 Å². The van der Waals surface area contributed by atoms with Crippen molar-refractivity contribution in [3.8, 4) is 0 Å². The number of carbonyl (C=O) groups is 1. The molecule has 1 aliphatic carbocycles. The molecule has 0 saturated heterocycles. The number of rotatable bonds is 2. The largest absolute Gasteiger partial charge is 0.465 e. The van der Waals surface area contributed by atoms with Gasteiger partial charge in [0.15, 0.2) is 0 Å². The third-order valence-electron chi connectivity index (χ3n) is 3.82. The molecule has 0 spiro atoms. The molecular formula is C15H15ClFNO2. The maximum absolute atomic E-state index is 13.5. The van der Waals surface area contributed by atoms with Crippen LogP contribution in [0.2, 0.25) is 5.02 Å². The lowest BCUT2D eigenvalue weighted by atomic mass is 9.87. The first-order valence-electron chi connectivity index (χ1n) is 6.78. The van der Waals surface area contributed by atoms with Gasteiger partial charge >= 0.3 is 5.97 Å². The molecule has 1 atom stereocenters. The summed E-state index contributed by atoms with van der Waals surface area (Å²) >= 11 is 5.86. The van der Waals surface area contributed by atoms with Crippen molar-refractivity contribution in [2.75, 3.05) is 6.61 Å². The number of H-pyrrole nitrogens is 1. The van der Waals surface area contributed by atoms with Gasteiger partial charge in [-0.15, -0.1) is 0 Å². The topological polar surface area (TPSA) is 42.1 Å². The van der Waals surface area contributed by atoms with Gasteiger partial charge in [0.1, 0.15) is 5.82 Å². The minimum Gasteiger partial charge on any atom is -0.465 e. The van der Waals surface area contributed by atoms with Crippen LogP contribution in [0.25, 0.3) is 10.9 Å². The normalized spacial score (nSPS) is 18.1. The Bertz CT molecular complexity index is 680. The molecule has 0 bridgehead atoms. The number of carbonyl (C=O) groups excluding carboxylic acids is 1. The summed E-state index contributed by atoms with van der Waals surface area (Å²) in [5.74, 6) is -0.954. The lowest BCUT2D eigenvalue weighted by Crippen LogP contribution is -2.20. The van der Waals surface area contributed by atoms with Gasteiger partial charge in [-0.1, -0.05) is 11.6 Å². The number of halogens is 2. The van der Waals surface area contributed by atoms with E-state index in [1.54, 1.807) is 13.0 Å². The third-order valence-corrected chi connectivity index (χ3v) is 4.11. The van der Waals surface area contributed by atoms with Gasteiger partial charge in [-0.05, 0) is 43.9 Å². The van der Waals surface area contributed by atoms with Crippen LogP contribution in [0.4, 0.5) is 4.39 Å². The monoisotopic (exact) mass is 295 g/mol. The molecule has 0 radical (unpaired) electrons. The molecule has 1 aromatic heterocycles. The Morgan fingerprint density at radius 2 is 2.35 bits per heavy atom. The number of nitrogens with one attached hydrogen (secondary N) is 1. The van der Waals surface area contributed by atoms with Crippen molar-refractivity contribution < 1.29 is 13.9 Å². The Hall–Kier alpha value is -1.55. The number of aromatic amines is 1. The van der Waals surface area contributed by atoms with Gasteiger partial charge in [-0.2, -0.15) is 0 Å². The lowest BCUT2D eigenvalue weighted by Gasteiger charge is -2.20. The van der Waals surface area contributed by atoms with Crippen LogP contribution in [0.1, 0.15) is 36.9 Å². The van der Waals surface area contributed by atoms with Crippen LogP contribution in [0.5, 0.6) is 0 Å². The van der Waals surface area contributed by atoms with Gasteiger partial charge in [-0.25, -0.2) is 4.39 Å². The molecule has 0 amide bonds. The van der Waals surface area contributed by atoms with Crippen LogP contribution in [-0.2, 0) is 16.0 Å². The molecule has 0 fully saturated rings. The maximum atomic E-state index is 13.5. The fourth-order valence-corrected chi connectivity index (χ4v) is 3.10. The van der Waals surface area contributed by atoms with E-state index in [0.29, 0.717) is 12.1 Å². The van der Waals surface area contributed by atoms with Gasteiger partial charge in [0, 0.05) is 16.6 Å². The summed E-state index contributed by atoms with van der Waals surface area (Å²) in [5, 5.41) is 1.01. The number of fused-ring (bicyclic) bond motifs is 3. The Kier molecular flexibility index (Phi) is 3.42. The Morgan fingerprint density at radius 1 is 1.55 bits per heavy atom. The summed E-state index contributed by atoms with van der Waals surface area (Å²) in [5.41, 5.74) is 2.60. The number of hydrogen-bond acceptors (Lipinski definition) is 2. The smallest absolute Gasteiger partial charge is 0.314 e. The Balaban J connectivity index is 2.12. The predicted octanol–water partition coefficient (Wildman–Crippen LogP) is 3.94. The maximum Gasteiger partial charge on any atom is 0.314 e. The van der Waals surface area contributed by atoms with Crippen LogP contribution in [0.15, 0.2) is 12.1 Å². The van der Waals surface area contributed by atoms with Gasteiger partial charge < -0.3 is 9.72 Å². The first kappa shape index (κ1) is 13.4. The summed E-state index contributed by atoms with van der Waals surface area (Å²) in [6, 6.07) is 3.02. The van der Waals surface area contributed by atoms with E-state index in [-0.39, 0.29) is 16.9 Å². The number of benzene rings is 1. The molecule has 0 saturated carbocycles. The average molecular weight is 296 g/mol. The quantitative estimate of drug-likeness (QED) is 0.853. The van der Waals surface area contributed by atoms with Crippen LogP contribution in [0.3, 0.4) is 0 Å². The summed E-state index contributed by atoms with van der Waals surface area (Å²) in [6.07, 6.45) is 2.54. The van der Waals surface area contributed by atoms with Crippen molar-refractivity contribution >= 4 is 28.5 Å². The Labute approximate surface area is 121 Å². The average Bonchev–Trinajstić information content (AvgIpc) is 2.77. The van der Waals surface area contributed by atoms with Crippen LogP contribution in [0, 0.1) is 5.82 Å². The zero-order valence-electron chi connectivity index (χ0n) is 11.1. The SMILES string of the molecule is CCOC(=O)C1CCCc2c1[nH]c1cc(F)c(Cl)cc21. The fraction of sp³-hybridized carbons (Fsp3) is 0.400. The number of esters is 1. The highest BCUT2D eigenvalue weighted by atomic mass is 35.5. The molecule has 1 unspecified atom stereocenters. The van der Waals surface area contributed by atoms with E-state index in [0.717, 1.165) is 35.9 Å². The van der Waals surface area contributed by atoms with Crippen molar-refractivity contribution in [1.29, 1.82) is 0 Å². The number of aryl methyl sites for hydroxylation is 1. The minimum atomic E-state index is -0.453. The summed E-state index contributed by atoms with van der Waals surface area (Å²) in [7, 11) is 0. The summed E-state index contributed by atoms with van der Waals surface area (Å²) in [6.45, 7) is 2.16. The molecule has 1 N–H and O–H groups in total. The van der Waals surface area contributed by atoms with E-state index in [2.05, 4.69) is 4.98 Å². The third kappa shape index (κ3) is 2.08. The second kappa shape index (κ2) is 5.09. The highest BCUT2D eigenvalue weighted by Crippen LogP contribution is 2.38. The molecule has 106 valence electrons. The van der Waals surface area contributed by atoms with Crippen molar-refractivity contribution in [1.82, 2.24) is 4.98 Å². The standard InChI is InChI=1S/C15H15ClFNO2/c1-2-20-15(19)9-5-3-4-8-10-6-11(16)12(17)7-13(10)18-14(8)9/h6-7,9,18H,2-5H2,1H3. The van der Waals surface area contributed by atoms with Crippen LogP contribution >= 0.6 is 11.6 Å². The molecular weight excluding hydrogens is 281 g/mol. The van der Waals surface area contributed by atoms with E-state index in [1.807, 2.05) is 0 Å². The zero-order chi connectivity index (χ0) is 14.3. The molecule has 20 heavy (non-hydrogen) atoms. The second-order valence-electron chi connectivity index (χ2n) is 5.03. The van der Waals surface area contributed by atoms with E-state index >= 15 is 0 Å². The van der Waals surface area contributed by atoms with Crippen LogP contribution < -0.4 is 0 Å². The first-order valence-corrected chi connectivity index (χ1v) is 7.15. The van der Waals surface area contributed by atoms with Crippen molar-refractivity contribution in [3.05, 3.63) is 34.2 Å². The molecule has 0 aliphatic heterocycles. The molecule has 3 rings (SSSR count). The first-order chi connectivity index (χ1) is 9.61. The summed E-state index contributed by atoms with van der Waals surface area (Å²) in [4.78, 5) is 15.2. The molecule has 1 aromatic carbocycles. The predicted molar refractivity (Wildman–Crippen MR) is 75.6 cm³/mol. The van der Waals surface area contributed by atoms with E-state index < -0.39 is 5.82 Å².